The van der Waals surface area contributed by atoms with Gasteiger partial charge in [0.25, 0.3) is 0 Å². The van der Waals surface area contributed by atoms with Crippen LogP contribution in [0.15, 0.2) is 44.4 Å². The lowest BCUT2D eigenvalue weighted by molar-refractivity contribution is 0.411. The average Bonchev–Trinajstić information content (AvgIpc) is 2.78. The monoisotopic (exact) mass is 330 g/mol. The van der Waals surface area contributed by atoms with Gasteiger partial charge in [-0.3, -0.25) is 0 Å². The van der Waals surface area contributed by atoms with Crippen molar-refractivity contribution in [1.29, 1.82) is 0 Å². The molecule has 0 amide bonds. The molecular formula is C11H11BrN2O3S. The first-order valence-corrected chi connectivity index (χ1v) is 7.42. The van der Waals surface area contributed by atoms with Crippen molar-refractivity contribution in [2.45, 2.75) is 18.4 Å². The van der Waals surface area contributed by atoms with E-state index in [-0.39, 0.29) is 11.4 Å². The molecule has 0 saturated carbocycles. The zero-order chi connectivity index (χ0) is 13.2. The Morgan fingerprint density at radius 1 is 1.39 bits per heavy atom. The van der Waals surface area contributed by atoms with Crippen molar-refractivity contribution in [2.75, 3.05) is 0 Å². The van der Waals surface area contributed by atoms with E-state index < -0.39 is 10.0 Å². The number of hydrogen-bond acceptors (Lipinski definition) is 4. The maximum Gasteiger partial charge on any atom is 0.242 e. The molecule has 2 rings (SSSR count). The van der Waals surface area contributed by atoms with Gasteiger partial charge in [0, 0.05) is 10.5 Å². The lowest BCUT2D eigenvalue weighted by atomic mass is 10.2. The fourth-order valence-corrected chi connectivity index (χ4v) is 3.59. The fraction of sp³-hybridized carbons (Fsp3) is 0.182. The molecule has 0 unspecified atom stereocenters. The van der Waals surface area contributed by atoms with Crippen molar-refractivity contribution >= 4 is 26.0 Å². The summed E-state index contributed by atoms with van der Waals surface area (Å²) >= 11 is 3.25. The van der Waals surface area contributed by atoms with Crippen LogP contribution in [0.3, 0.4) is 0 Å². The van der Waals surface area contributed by atoms with Crippen LogP contribution in [0.1, 0.15) is 11.3 Å². The van der Waals surface area contributed by atoms with Gasteiger partial charge >= 0.3 is 0 Å². The molecule has 0 atom stereocenters. The summed E-state index contributed by atoms with van der Waals surface area (Å²) in [5.74, 6) is 0. The van der Waals surface area contributed by atoms with Gasteiger partial charge in [0.05, 0.1) is 17.1 Å². The van der Waals surface area contributed by atoms with Gasteiger partial charge in [0.1, 0.15) is 6.26 Å². The Morgan fingerprint density at radius 3 is 2.78 bits per heavy atom. The number of hydrogen-bond donors (Lipinski definition) is 1. The molecule has 96 valence electrons. The van der Waals surface area contributed by atoms with Gasteiger partial charge in [-0.25, -0.2) is 13.1 Å². The summed E-state index contributed by atoms with van der Waals surface area (Å²) in [6, 6.07) is 6.66. The molecule has 2 aromatic rings. The van der Waals surface area contributed by atoms with E-state index in [1.54, 1.807) is 24.3 Å². The molecule has 1 aromatic heterocycles. The van der Waals surface area contributed by atoms with Gasteiger partial charge in [0.2, 0.25) is 10.0 Å². The van der Waals surface area contributed by atoms with Crippen molar-refractivity contribution in [1.82, 2.24) is 9.88 Å². The molecule has 0 aliphatic rings. The molecular weight excluding hydrogens is 320 g/mol. The highest BCUT2D eigenvalue weighted by atomic mass is 79.9. The van der Waals surface area contributed by atoms with Gasteiger partial charge in [-0.2, -0.15) is 0 Å². The van der Waals surface area contributed by atoms with Crippen LogP contribution in [0, 0.1) is 6.92 Å². The van der Waals surface area contributed by atoms with Crippen LogP contribution in [0.4, 0.5) is 0 Å². The smallest absolute Gasteiger partial charge is 0.242 e. The molecule has 0 spiro atoms. The normalized spacial score (nSPS) is 11.7. The van der Waals surface area contributed by atoms with E-state index in [2.05, 4.69) is 30.3 Å². The maximum absolute atomic E-state index is 12.1. The van der Waals surface area contributed by atoms with E-state index in [9.17, 15) is 8.42 Å². The molecule has 7 heteroatoms. The summed E-state index contributed by atoms with van der Waals surface area (Å²) in [6.45, 7) is 1.99. The van der Waals surface area contributed by atoms with Crippen molar-refractivity contribution in [3.05, 3.63) is 46.3 Å². The molecule has 0 aliphatic heterocycles. The van der Waals surface area contributed by atoms with Crippen LogP contribution in [0.5, 0.6) is 0 Å². The van der Waals surface area contributed by atoms with Crippen LogP contribution in [-0.4, -0.2) is 13.6 Å². The van der Waals surface area contributed by atoms with E-state index in [1.807, 2.05) is 6.92 Å². The third-order valence-corrected chi connectivity index (χ3v) is 4.69. The Labute approximate surface area is 113 Å². The van der Waals surface area contributed by atoms with Gasteiger partial charge in [-0.15, -0.1) is 0 Å². The number of rotatable bonds is 4. The van der Waals surface area contributed by atoms with Crippen LogP contribution < -0.4 is 4.72 Å². The number of halogens is 1. The summed E-state index contributed by atoms with van der Waals surface area (Å²) < 4.78 is 31.7. The fourth-order valence-electron chi connectivity index (χ4n) is 1.40. The highest BCUT2D eigenvalue weighted by Gasteiger charge is 2.17. The van der Waals surface area contributed by atoms with Crippen LogP contribution in [0.2, 0.25) is 0 Å². The van der Waals surface area contributed by atoms with E-state index in [4.69, 9.17) is 0 Å². The molecule has 0 bridgehead atoms. The number of sulfonamides is 1. The minimum absolute atomic E-state index is 0.0964. The van der Waals surface area contributed by atoms with E-state index >= 15 is 0 Å². The first-order chi connectivity index (χ1) is 8.49. The van der Waals surface area contributed by atoms with Crippen molar-refractivity contribution in [3.63, 3.8) is 0 Å². The Balaban J connectivity index is 2.20. The lowest BCUT2D eigenvalue weighted by Crippen LogP contribution is -2.23. The molecule has 0 aliphatic carbocycles. The topological polar surface area (TPSA) is 72.2 Å². The zero-order valence-corrected chi connectivity index (χ0v) is 12.0. The van der Waals surface area contributed by atoms with Crippen molar-refractivity contribution in [2.24, 2.45) is 0 Å². The zero-order valence-electron chi connectivity index (χ0n) is 9.55. The van der Waals surface area contributed by atoms with Crippen LogP contribution >= 0.6 is 15.9 Å². The number of nitrogens with one attached hydrogen (secondary N) is 1. The lowest BCUT2D eigenvalue weighted by Gasteiger charge is -2.07. The van der Waals surface area contributed by atoms with E-state index in [0.29, 0.717) is 10.2 Å². The van der Waals surface area contributed by atoms with Gasteiger partial charge in [0.15, 0.2) is 0 Å². The third kappa shape index (κ3) is 2.98. The largest absolute Gasteiger partial charge is 0.364 e. The molecule has 5 nitrogen and oxygen atoms in total. The number of aromatic nitrogens is 1. The first-order valence-electron chi connectivity index (χ1n) is 5.14. The SMILES string of the molecule is Cc1ccc(S(=O)(=O)NCc2ccon2)c(Br)c1. The quantitative estimate of drug-likeness (QED) is 0.932. The predicted octanol–water partition coefficient (Wildman–Crippen LogP) is 2.22. The van der Waals surface area contributed by atoms with Gasteiger partial charge in [-0.05, 0) is 40.5 Å². The van der Waals surface area contributed by atoms with Crippen LogP contribution in [-0.2, 0) is 16.6 Å². The third-order valence-electron chi connectivity index (χ3n) is 2.31. The first kappa shape index (κ1) is 13.3. The average molecular weight is 331 g/mol. The maximum atomic E-state index is 12.1. The molecule has 1 N–H and O–H groups in total. The van der Waals surface area contributed by atoms with Crippen molar-refractivity contribution < 1.29 is 12.9 Å². The Kier molecular flexibility index (Phi) is 3.84. The Bertz CT molecular complexity index is 638. The summed E-state index contributed by atoms with van der Waals surface area (Å²) in [5, 5.41) is 3.64. The second-order valence-electron chi connectivity index (χ2n) is 3.75. The molecule has 0 radical (unpaired) electrons. The van der Waals surface area contributed by atoms with Gasteiger partial charge in [-0.1, -0.05) is 11.2 Å². The second-order valence-corrected chi connectivity index (χ2v) is 6.34. The molecule has 1 heterocycles. The number of nitrogens with zero attached hydrogens (tertiary/aromatic N) is 1. The number of benzene rings is 1. The highest BCUT2D eigenvalue weighted by molar-refractivity contribution is 9.10. The summed E-state index contributed by atoms with van der Waals surface area (Å²) in [7, 11) is -3.56. The molecule has 1 aromatic carbocycles. The summed E-state index contributed by atoms with van der Waals surface area (Å²) in [4.78, 5) is 0.205. The molecule has 18 heavy (non-hydrogen) atoms. The minimum atomic E-state index is -3.56. The minimum Gasteiger partial charge on any atom is -0.364 e. The highest BCUT2D eigenvalue weighted by Crippen LogP contribution is 2.22. The van der Waals surface area contributed by atoms with E-state index in [1.165, 1.54) is 6.26 Å². The standard InChI is InChI=1S/C11H11BrN2O3S/c1-8-2-3-11(10(12)6-8)18(15,16)13-7-9-4-5-17-14-9/h2-6,13H,7H2,1H3. The Morgan fingerprint density at radius 2 is 2.17 bits per heavy atom. The molecule has 0 saturated heterocycles. The summed E-state index contributed by atoms with van der Waals surface area (Å²) in [5.41, 5.74) is 1.51. The Hall–Kier alpha value is -1.18. The van der Waals surface area contributed by atoms with E-state index in [0.717, 1.165) is 5.56 Å². The predicted molar refractivity (Wildman–Crippen MR) is 69.4 cm³/mol. The molecule has 0 fully saturated rings. The summed E-state index contributed by atoms with van der Waals surface area (Å²) in [6.07, 6.45) is 1.39. The van der Waals surface area contributed by atoms with Gasteiger partial charge < -0.3 is 4.52 Å². The second kappa shape index (κ2) is 5.21. The van der Waals surface area contributed by atoms with Crippen molar-refractivity contribution in [3.8, 4) is 0 Å². The number of aryl methyl sites for hydroxylation is 1. The van der Waals surface area contributed by atoms with Crippen LogP contribution in [0.25, 0.3) is 0 Å².